The van der Waals surface area contributed by atoms with Gasteiger partial charge in [0, 0.05) is 46.1 Å². The second kappa shape index (κ2) is 23.2. The molecule has 2 amide bonds. The predicted molar refractivity (Wildman–Crippen MR) is 250 cm³/mol. The summed E-state index contributed by atoms with van der Waals surface area (Å²) in [6.07, 6.45) is -9.69. The number of phosphoric acid groups is 1. The number of para-hydroxylation sites is 1. The molecule has 3 aromatic carbocycles. The number of anilines is 1. The van der Waals surface area contributed by atoms with E-state index in [1.165, 1.54) is 56.5 Å². The summed E-state index contributed by atoms with van der Waals surface area (Å²) in [4.78, 5) is 51.6. The maximum atomic E-state index is 14.8. The zero-order valence-corrected chi connectivity index (χ0v) is 44.7. The van der Waals surface area contributed by atoms with E-state index in [0.29, 0.717) is 15.1 Å². The molecule has 6 rings (SSSR count). The van der Waals surface area contributed by atoms with Gasteiger partial charge in [-0.2, -0.15) is 31.4 Å². The number of hydrogen-bond acceptors (Lipinski definition) is 9. The Labute approximate surface area is 451 Å². The Morgan fingerprint density at radius 1 is 0.947 bits per heavy atom. The van der Waals surface area contributed by atoms with Crippen molar-refractivity contribution in [3.63, 3.8) is 0 Å². The van der Waals surface area contributed by atoms with Crippen molar-refractivity contribution in [2.45, 2.75) is 68.8 Å². The summed E-state index contributed by atoms with van der Waals surface area (Å²) in [7, 11) is -9.32. The topological polar surface area (TPSA) is 199 Å². The first-order chi connectivity index (χ1) is 34.1. The van der Waals surface area contributed by atoms with Crippen LogP contribution in [-0.2, 0) is 74.0 Å². The van der Waals surface area contributed by atoms with Gasteiger partial charge in [0.05, 0.1) is 34.1 Å². The van der Waals surface area contributed by atoms with Gasteiger partial charge in [0.15, 0.2) is 5.82 Å². The number of benzene rings is 3. The smallest absolute Gasteiger partial charge is 0.413 e. The van der Waals surface area contributed by atoms with Gasteiger partial charge < -0.3 is 15.9 Å². The second-order valence-electron chi connectivity index (χ2n) is 16.5. The van der Waals surface area contributed by atoms with Gasteiger partial charge in [0.25, 0.3) is 0 Å². The standard InChI is InChI=1S/C45H37ClF10N7O8PS2.Na/c1-42(2,73(4)69)15-14-28-10-11-29(39(57-28)32(18-24-16-26(47)20-27(48)17-24)58-36(64)22-61-35(43(3,49)50)21-34(59-61)45(54,55)56)30-12-13-31(46)38-40(30)62(23-44(51,52)53)60-41(38)63(74(5)70)37(65)19-25-8-6-7-9-33(25)71-72(66,67)68;/h6-13,16-17,20,32H,3,18-19,22-23H2,1-2,4-5H3,(H,58,64)(H2,66,67,68);/q-2;+1. The van der Waals surface area contributed by atoms with Crippen molar-refractivity contribution in [3.05, 3.63) is 130 Å². The second-order valence-corrected chi connectivity index (χ2v) is 21.2. The van der Waals surface area contributed by atoms with Gasteiger partial charge in [-0.05, 0) is 73.8 Å². The van der Waals surface area contributed by atoms with Crippen LogP contribution < -0.4 is 43.7 Å². The number of rotatable bonds is 16. The summed E-state index contributed by atoms with van der Waals surface area (Å²) >= 11 is 6.71. The van der Waals surface area contributed by atoms with Crippen molar-refractivity contribution < 1.29 is 110 Å². The molecule has 0 aliphatic heterocycles. The third kappa shape index (κ3) is 15.3. The molecular formula is C45H37ClF10N7NaO8PS2-. The van der Waals surface area contributed by atoms with Crippen LogP contribution >= 0.6 is 19.4 Å². The Morgan fingerprint density at radius 2 is 1.57 bits per heavy atom. The van der Waals surface area contributed by atoms with Crippen molar-refractivity contribution in [2.75, 3.05) is 16.8 Å². The summed E-state index contributed by atoms with van der Waals surface area (Å²) in [5, 5.41) is 8.66. The Morgan fingerprint density at radius 3 is 2.15 bits per heavy atom. The van der Waals surface area contributed by atoms with Crippen molar-refractivity contribution in [3.8, 4) is 28.7 Å². The van der Waals surface area contributed by atoms with Crippen molar-refractivity contribution in [1.29, 1.82) is 0 Å². The van der Waals surface area contributed by atoms with Gasteiger partial charge in [-0.15, -0.1) is 5.69 Å². The Kier molecular flexibility index (Phi) is 18.8. The fraction of sp³-hybridized carbons (Fsp3) is 0.289. The normalized spacial score (nSPS) is 13.6. The number of nitrogens with zero attached hydrogens (tertiary/aromatic N) is 6. The van der Waals surface area contributed by atoms with E-state index in [2.05, 4.69) is 39.3 Å². The molecule has 15 nitrogen and oxygen atoms in total. The minimum absolute atomic E-state index is 0. The number of amides is 2. The molecule has 6 aromatic rings. The molecule has 3 aromatic heterocycles. The van der Waals surface area contributed by atoms with Crippen LogP contribution in [-0.4, -0.2) is 78.0 Å². The van der Waals surface area contributed by atoms with E-state index in [0.717, 1.165) is 36.6 Å². The van der Waals surface area contributed by atoms with Gasteiger partial charge in [-0.25, -0.2) is 40.7 Å². The number of halogens is 11. The predicted octanol–water partition coefficient (Wildman–Crippen LogP) is 5.49. The summed E-state index contributed by atoms with van der Waals surface area (Å²) in [6, 6.07) is 11.4. The molecule has 3 atom stereocenters. The number of carbonyl (C=O) groups excluding carboxylic acids is 2. The molecule has 0 spiro atoms. The van der Waals surface area contributed by atoms with E-state index in [9.17, 15) is 76.3 Å². The van der Waals surface area contributed by atoms with Gasteiger partial charge in [0.2, 0.25) is 11.8 Å². The van der Waals surface area contributed by atoms with Crippen LogP contribution in [0.5, 0.6) is 5.75 Å². The number of fused-ring (bicyclic) bond motifs is 1. The van der Waals surface area contributed by atoms with Crippen molar-refractivity contribution >= 4 is 69.7 Å². The quantitative estimate of drug-likeness (QED) is 0.0365. The van der Waals surface area contributed by atoms with Crippen LogP contribution in [0.15, 0.2) is 66.7 Å². The van der Waals surface area contributed by atoms with Gasteiger partial charge >= 0.3 is 49.7 Å². The van der Waals surface area contributed by atoms with E-state index >= 15 is 0 Å². The maximum Gasteiger partial charge on any atom is 1.00 e. The summed E-state index contributed by atoms with van der Waals surface area (Å²) in [5.74, 6) is -4.92. The molecule has 0 saturated heterocycles. The summed E-state index contributed by atoms with van der Waals surface area (Å²) < 4.78 is 186. The number of pyridine rings is 1. The number of phosphoric ester groups is 1. The Hall–Kier alpha value is -5.17. The molecule has 0 radical (unpaired) electrons. The van der Waals surface area contributed by atoms with Crippen LogP contribution in [0.3, 0.4) is 0 Å². The minimum Gasteiger partial charge on any atom is -0.413 e. The molecule has 3 unspecified atom stereocenters. The molecule has 0 bridgehead atoms. The van der Waals surface area contributed by atoms with E-state index in [1.807, 2.05) is 0 Å². The minimum atomic E-state index is -5.34. The molecule has 75 heavy (non-hydrogen) atoms. The van der Waals surface area contributed by atoms with Gasteiger partial charge in [-0.1, -0.05) is 41.8 Å². The number of alkyl halides is 8. The fourth-order valence-electron chi connectivity index (χ4n) is 7.17. The summed E-state index contributed by atoms with van der Waals surface area (Å²) in [6.45, 7) is 2.18. The van der Waals surface area contributed by atoms with E-state index in [4.69, 9.17) is 16.1 Å². The molecule has 396 valence electrons. The first-order valence-electron chi connectivity index (χ1n) is 20.8. The number of hydrogen-bond donors (Lipinski definition) is 3. The fourth-order valence-corrected chi connectivity index (χ4v) is 8.75. The molecular weight excluding hydrogens is 1110 g/mol. The molecule has 0 saturated carbocycles. The van der Waals surface area contributed by atoms with Crippen LogP contribution in [0.2, 0.25) is 5.02 Å². The van der Waals surface area contributed by atoms with Gasteiger partial charge in [0.1, 0.15) is 57.8 Å². The Bertz CT molecular complexity index is 3320. The largest absolute Gasteiger partial charge is 1.00 e. The first-order valence-corrected chi connectivity index (χ1v) is 25.8. The zero-order valence-electron chi connectivity index (χ0n) is 39.4. The molecule has 0 aliphatic rings. The zero-order chi connectivity index (χ0) is 55.0. The van der Waals surface area contributed by atoms with Crippen LogP contribution in [0.25, 0.3) is 22.0 Å². The molecule has 3 N–H and O–H groups in total. The average Bonchev–Trinajstić information content (AvgIpc) is 3.85. The van der Waals surface area contributed by atoms with E-state index < -0.39 is 153 Å². The number of aromatic nitrogens is 5. The van der Waals surface area contributed by atoms with Crippen LogP contribution in [0, 0.1) is 36.5 Å². The number of nitrogens with one attached hydrogen (secondary N) is 1. The van der Waals surface area contributed by atoms with E-state index in [-0.39, 0.29) is 62.2 Å². The van der Waals surface area contributed by atoms with Crippen molar-refractivity contribution in [1.82, 2.24) is 29.9 Å². The first kappa shape index (κ1) is 60.7. The Balaban J connectivity index is 0.0000104. The van der Waals surface area contributed by atoms with E-state index in [1.54, 1.807) is 0 Å². The van der Waals surface area contributed by atoms with Crippen LogP contribution in [0.4, 0.5) is 49.7 Å². The third-order valence-electron chi connectivity index (χ3n) is 10.4. The molecule has 0 aliphatic carbocycles. The monoisotopic (exact) mass is 1150 g/mol. The van der Waals surface area contributed by atoms with Crippen molar-refractivity contribution in [2.24, 2.45) is 0 Å². The molecule has 0 fully saturated rings. The summed E-state index contributed by atoms with van der Waals surface area (Å²) in [5.41, 5.74) is -5.69. The van der Waals surface area contributed by atoms with Crippen LogP contribution in [0.1, 0.15) is 53.8 Å². The molecule has 3 heterocycles. The average molecular weight is 1150 g/mol. The third-order valence-corrected chi connectivity index (χ3v) is 13.6. The maximum absolute atomic E-state index is 14.8. The molecule has 30 heteroatoms. The SMILES string of the molecule is [CH2-]C(F)(F)c1[c-]c(C(F)(F)F)nn1CC(=O)NC(Cc1cc(F)cc(F)c1)c1nc(C#CC(C)(C)S(C)=O)ccc1-c1ccc(Cl)c2c(N(C(=O)Cc3ccccc3OP(=O)(O)O)S(C)=O)nn(CC(F)(F)F)c12.[Na+]. The number of carbonyl (C=O) groups is 2. The van der Waals surface area contributed by atoms with Gasteiger partial charge in [-0.3, -0.25) is 39.9 Å².